The van der Waals surface area contributed by atoms with Gasteiger partial charge in [-0.1, -0.05) is 25.0 Å². The zero-order valence-corrected chi connectivity index (χ0v) is 12.6. The average Bonchev–Trinajstić information content (AvgIpc) is 2.92. The fourth-order valence-electron chi connectivity index (χ4n) is 2.65. The Morgan fingerprint density at radius 2 is 1.95 bits per heavy atom. The molecule has 0 amide bonds. The van der Waals surface area contributed by atoms with Crippen molar-refractivity contribution < 1.29 is 13.5 Å². The van der Waals surface area contributed by atoms with Crippen molar-refractivity contribution in [3.8, 4) is 5.75 Å². The Bertz CT molecular complexity index is 539. The Kier molecular flexibility index (Phi) is 5.01. The van der Waals surface area contributed by atoms with Crippen LogP contribution < -0.4 is 4.72 Å². The molecule has 1 aliphatic rings. The molecule has 1 saturated carbocycles. The van der Waals surface area contributed by atoms with Gasteiger partial charge in [0.25, 0.3) is 0 Å². The third-order valence-electron chi connectivity index (χ3n) is 3.86. The van der Waals surface area contributed by atoms with Crippen LogP contribution in [0.2, 0.25) is 0 Å². The second kappa shape index (κ2) is 6.56. The van der Waals surface area contributed by atoms with Gasteiger partial charge >= 0.3 is 0 Å². The molecule has 1 aromatic carbocycles. The van der Waals surface area contributed by atoms with E-state index < -0.39 is 10.0 Å². The predicted octanol–water partition coefficient (Wildman–Crippen LogP) is 1.54. The van der Waals surface area contributed by atoms with Crippen LogP contribution in [0.5, 0.6) is 5.75 Å². The van der Waals surface area contributed by atoms with Gasteiger partial charge in [0.2, 0.25) is 10.0 Å². The number of phenolic OH excluding ortho intramolecular Hbond substituents is 1. The normalized spacial score (nSPS) is 16.9. The first kappa shape index (κ1) is 15.3. The van der Waals surface area contributed by atoms with Crippen LogP contribution in [0.1, 0.15) is 25.7 Å². The van der Waals surface area contributed by atoms with E-state index >= 15 is 0 Å². The zero-order valence-electron chi connectivity index (χ0n) is 11.7. The Balaban J connectivity index is 1.88. The van der Waals surface area contributed by atoms with Crippen LogP contribution in [-0.2, 0) is 10.0 Å². The molecular formula is C14H22N2O3S. The molecule has 112 valence electrons. The SMILES string of the molecule is CN(CCNS(=O)(=O)c1ccccc1O)C1CCCC1. The Hall–Kier alpha value is -1.11. The summed E-state index contributed by atoms with van der Waals surface area (Å²) in [6, 6.07) is 6.54. The Morgan fingerprint density at radius 1 is 1.30 bits per heavy atom. The van der Waals surface area contributed by atoms with E-state index in [-0.39, 0.29) is 10.6 Å². The van der Waals surface area contributed by atoms with E-state index in [0.717, 1.165) is 0 Å². The molecule has 0 bridgehead atoms. The van der Waals surface area contributed by atoms with E-state index in [1.807, 2.05) is 7.05 Å². The molecule has 1 aromatic rings. The van der Waals surface area contributed by atoms with Gasteiger partial charge in [0.15, 0.2) is 0 Å². The lowest BCUT2D eigenvalue weighted by atomic mass is 10.2. The predicted molar refractivity (Wildman–Crippen MR) is 78.2 cm³/mol. The van der Waals surface area contributed by atoms with Crippen molar-refractivity contribution in [1.29, 1.82) is 0 Å². The third-order valence-corrected chi connectivity index (χ3v) is 5.37. The highest BCUT2D eigenvalue weighted by Crippen LogP contribution is 2.22. The molecule has 0 heterocycles. The van der Waals surface area contributed by atoms with Gasteiger partial charge in [-0.3, -0.25) is 0 Å². The fourth-order valence-corrected chi connectivity index (χ4v) is 3.76. The average molecular weight is 298 g/mol. The first-order chi connectivity index (χ1) is 9.50. The minimum absolute atomic E-state index is 0.0662. The minimum atomic E-state index is -3.64. The van der Waals surface area contributed by atoms with Crippen LogP contribution in [0.15, 0.2) is 29.2 Å². The van der Waals surface area contributed by atoms with E-state index in [1.54, 1.807) is 12.1 Å². The smallest absolute Gasteiger partial charge is 0.244 e. The first-order valence-electron chi connectivity index (χ1n) is 6.98. The number of nitrogens with one attached hydrogen (secondary N) is 1. The number of phenols is 1. The monoisotopic (exact) mass is 298 g/mol. The number of aromatic hydroxyl groups is 1. The maximum Gasteiger partial charge on any atom is 0.244 e. The topological polar surface area (TPSA) is 69.6 Å². The summed E-state index contributed by atoms with van der Waals surface area (Å²) < 4.78 is 26.7. The van der Waals surface area contributed by atoms with Gasteiger partial charge in [-0.05, 0) is 32.0 Å². The molecule has 0 aromatic heterocycles. The highest BCUT2D eigenvalue weighted by atomic mass is 32.2. The van der Waals surface area contributed by atoms with Crippen LogP contribution in [0.25, 0.3) is 0 Å². The second-order valence-corrected chi connectivity index (χ2v) is 7.02. The van der Waals surface area contributed by atoms with Crippen LogP contribution in [0.3, 0.4) is 0 Å². The lowest BCUT2D eigenvalue weighted by Crippen LogP contribution is -2.37. The molecule has 5 nitrogen and oxygen atoms in total. The van der Waals surface area contributed by atoms with Gasteiger partial charge < -0.3 is 10.0 Å². The van der Waals surface area contributed by atoms with Gasteiger partial charge in [-0.2, -0.15) is 0 Å². The van der Waals surface area contributed by atoms with Gasteiger partial charge in [0, 0.05) is 19.1 Å². The fraction of sp³-hybridized carbons (Fsp3) is 0.571. The van der Waals surface area contributed by atoms with Crippen LogP contribution in [-0.4, -0.2) is 44.6 Å². The summed E-state index contributed by atoms with van der Waals surface area (Å²) in [7, 11) is -1.60. The molecule has 0 radical (unpaired) electrons. The van der Waals surface area contributed by atoms with Crippen molar-refractivity contribution in [2.45, 2.75) is 36.6 Å². The van der Waals surface area contributed by atoms with E-state index in [4.69, 9.17) is 0 Å². The van der Waals surface area contributed by atoms with Crippen molar-refractivity contribution in [3.05, 3.63) is 24.3 Å². The largest absolute Gasteiger partial charge is 0.507 e. The molecule has 0 spiro atoms. The maximum absolute atomic E-state index is 12.1. The van der Waals surface area contributed by atoms with E-state index in [2.05, 4.69) is 9.62 Å². The zero-order chi connectivity index (χ0) is 14.6. The molecular weight excluding hydrogens is 276 g/mol. The number of benzene rings is 1. The minimum Gasteiger partial charge on any atom is -0.507 e. The molecule has 20 heavy (non-hydrogen) atoms. The molecule has 0 aliphatic heterocycles. The van der Waals surface area contributed by atoms with E-state index in [9.17, 15) is 13.5 Å². The lowest BCUT2D eigenvalue weighted by Gasteiger charge is -2.23. The summed E-state index contributed by atoms with van der Waals surface area (Å²) in [5.41, 5.74) is 0. The molecule has 0 saturated heterocycles. The van der Waals surface area contributed by atoms with Crippen LogP contribution in [0.4, 0.5) is 0 Å². The Labute approximate surface area is 120 Å². The lowest BCUT2D eigenvalue weighted by molar-refractivity contribution is 0.250. The third kappa shape index (κ3) is 3.71. The van der Waals surface area contributed by atoms with Crippen molar-refractivity contribution in [3.63, 3.8) is 0 Å². The molecule has 2 N–H and O–H groups in total. The molecule has 0 atom stereocenters. The first-order valence-corrected chi connectivity index (χ1v) is 8.47. The van der Waals surface area contributed by atoms with Gasteiger partial charge in [-0.15, -0.1) is 0 Å². The Morgan fingerprint density at radius 3 is 2.60 bits per heavy atom. The highest BCUT2D eigenvalue weighted by molar-refractivity contribution is 7.89. The van der Waals surface area contributed by atoms with E-state index in [1.165, 1.54) is 37.8 Å². The van der Waals surface area contributed by atoms with Gasteiger partial charge in [0.05, 0.1) is 0 Å². The highest BCUT2D eigenvalue weighted by Gasteiger charge is 2.21. The maximum atomic E-state index is 12.1. The quantitative estimate of drug-likeness (QED) is 0.836. The van der Waals surface area contributed by atoms with Crippen molar-refractivity contribution in [1.82, 2.24) is 9.62 Å². The molecule has 1 aliphatic carbocycles. The summed E-state index contributed by atoms with van der Waals surface area (Å²) in [5, 5.41) is 9.60. The summed E-state index contributed by atoms with van der Waals surface area (Å²) in [6.07, 6.45) is 4.92. The molecule has 2 rings (SSSR count). The number of likely N-dealkylation sites (N-methyl/N-ethyl adjacent to an activating group) is 1. The van der Waals surface area contributed by atoms with Gasteiger partial charge in [-0.25, -0.2) is 13.1 Å². The number of sulfonamides is 1. The van der Waals surface area contributed by atoms with Gasteiger partial charge in [0.1, 0.15) is 10.6 Å². The summed E-state index contributed by atoms with van der Waals surface area (Å²) in [5.74, 6) is -0.218. The summed E-state index contributed by atoms with van der Waals surface area (Å²) >= 11 is 0. The second-order valence-electron chi connectivity index (χ2n) is 5.28. The van der Waals surface area contributed by atoms with Crippen molar-refractivity contribution >= 4 is 10.0 Å². The number of nitrogens with zero attached hydrogens (tertiary/aromatic N) is 1. The number of hydrogen-bond acceptors (Lipinski definition) is 4. The summed E-state index contributed by atoms with van der Waals surface area (Å²) in [4.78, 5) is 2.14. The standard InChI is InChI=1S/C14H22N2O3S/c1-16(12-6-2-3-7-12)11-10-15-20(18,19)14-9-5-4-8-13(14)17/h4-5,8-9,12,15,17H,2-3,6-7,10-11H2,1H3. The number of para-hydroxylation sites is 1. The van der Waals surface area contributed by atoms with Crippen LogP contribution >= 0.6 is 0 Å². The molecule has 1 fully saturated rings. The summed E-state index contributed by atoms with van der Waals surface area (Å²) in [6.45, 7) is 1.03. The molecule has 6 heteroatoms. The van der Waals surface area contributed by atoms with E-state index in [0.29, 0.717) is 19.1 Å². The number of hydrogen-bond donors (Lipinski definition) is 2. The van der Waals surface area contributed by atoms with Crippen molar-refractivity contribution in [2.75, 3.05) is 20.1 Å². The number of rotatable bonds is 6. The van der Waals surface area contributed by atoms with Crippen LogP contribution in [0, 0.1) is 0 Å². The van der Waals surface area contributed by atoms with Crippen molar-refractivity contribution in [2.24, 2.45) is 0 Å². The molecule has 0 unspecified atom stereocenters.